The number of nitrogens with one attached hydrogen (secondary N) is 1. The third-order valence-corrected chi connectivity index (χ3v) is 3.37. The first-order chi connectivity index (χ1) is 9.60. The Morgan fingerprint density at radius 3 is 2.80 bits per heavy atom. The molecule has 1 N–H and O–H groups in total. The molecule has 2 aromatic carbocycles. The number of hydrogen-bond acceptors (Lipinski definition) is 2. The maximum absolute atomic E-state index is 13.2. The van der Waals surface area contributed by atoms with E-state index in [0.717, 1.165) is 5.56 Å². The number of benzene rings is 2. The smallest absolute Gasteiger partial charge is 0.123 e. The van der Waals surface area contributed by atoms with Crippen LogP contribution in [0, 0.1) is 17.1 Å². The minimum atomic E-state index is -0.337. The predicted octanol–water partition coefficient (Wildman–Crippen LogP) is 4.20. The summed E-state index contributed by atoms with van der Waals surface area (Å²) in [5.41, 5.74) is 2.19. The van der Waals surface area contributed by atoms with Crippen LogP contribution in [0.3, 0.4) is 0 Å². The SMILES string of the molecule is C[C@@H](NCc1cc(F)ccc1C#N)c1cccc(Cl)c1. The highest BCUT2D eigenvalue weighted by Gasteiger charge is 2.08. The Labute approximate surface area is 122 Å². The van der Waals surface area contributed by atoms with Crippen molar-refractivity contribution in [2.45, 2.75) is 19.5 Å². The molecule has 4 heteroatoms. The summed E-state index contributed by atoms with van der Waals surface area (Å²) < 4.78 is 13.2. The monoisotopic (exact) mass is 288 g/mol. The van der Waals surface area contributed by atoms with Gasteiger partial charge in [0.25, 0.3) is 0 Å². The number of hydrogen-bond donors (Lipinski definition) is 1. The van der Waals surface area contributed by atoms with Crippen molar-refractivity contribution in [3.8, 4) is 6.07 Å². The van der Waals surface area contributed by atoms with E-state index in [2.05, 4.69) is 11.4 Å². The summed E-state index contributed by atoms with van der Waals surface area (Å²) in [6, 6.07) is 13.9. The summed E-state index contributed by atoms with van der Waals surface area (Å²) in [5, 5.41) is 13.0. The van der Waals surface area contributed by atoms with Gasteiger partial charge in [-0.3, -0.25) is 0 Å². The largest absolute Gasteiger partial charge is 0.306 e. The second-order valence-corrected chi connectivity index (χ2v) is 5.01. The first-order valence-corrected chi connectivity index (χ1v) is 6.65. The quantitative estimate of drug-likeness (QED) is 0.915. The van der Waals surface area contributed by atoms with Crippen LogP contribution in [-0.2, 0) is 6.54 Å². The Morgan fingerprint density at radius 1 is 1.30 bits per heavy atom. The Hall–Kier alpha value is -1.89. The molecule has 0 aromatic heterocycles. The van der Waals surface area contributed by atoms with E-state index in [4.69, 9.17) is 16.9 Å². The highest BCUT2D eigenvalue weighted by atomic mass is 35.5. The van der Waals surface area contributed by atoms with Crippen molar-refractivity contribution >= 4 is 11.6 Å². The molecule has 0 aliphatic carbocycles. The van der Waals surface area contributed by atoms with Gasteiger partial charge in [0.1, 0.15) is 5.82 Å². The van der Waals surface area contributed by atoms with Gasteiger partial charge in [0, 0.05) is 17.6 Å². The average Bonchev–Trinajstić information content (AvgIpc) is 2.45. The molecule has 2 nitrogen and oxygen atoms in total. The zero-order valence-corrected chi connectivity index (χ0v) is 11.8. The Kier molecular flexibility index (Phi) is 4.73. The minimum absolute atomic E-state index is 0.0588. The van der Waals surface area contributed by atoms with Crippen LogP contribution in [0.15, 0.2) is 42.5 Å². The fourth-order valence-corrected chi connectivity index (χ4v) is 2.17. The van der Waals surface area contributed by atoms with Crippen LogP contribution in [0.1, 0.15) is 29.7 Å². The number of halogens is 2. The van der Waals surface area contributed by atoms with E-state index in [0.29, 0.717) is 22.7 Å². The van der Waals surface area contributed by atoms with Gasteiger partial charge in [-0.2, -0.15) is 5.26 Å². The molecule has 0 saturated heterocycles. The van der Waals surface area contributed by atoms with Crippen molar-refractivity contribution in [1.82, 2.24) is 5.32 Å². The molecule has 0 aliphatic rings. The molecular weight excluding hydrogens is 275 g/mol. The molecule has 0 unspecified atom stereocenters. The van der Waals surface area contributed by atoms with Gasteiger partial charge in [0.15, 0.2) is 0 Å². The summed E-state index contributed by atoms with van der Waals surface area (Å²) >= 11 is 5.95. The van der Waals surface area contributed by atoms with Gasteiger partial charge < -0.3 is 5.32 Å². The van der Waals surface area contributed by atoms with E-state index in [1.165, 1.54) is 18.2 Å². The molecule has 1 atom stereocenters. The zero-order valence-electron chi connectivity index (χ0n) is 11.0. The van der Waals surface area contributed by atoms with Gasteiger partial charge in [0.2, 0.25) is 0 Å². The highest BCUT2D eigenvalue weighted by molar-refractivity contribution is 6.30. The van der Waals surface area contributed by atoms with Crippen molar-refractivity contribution < 1.29 is 4.39 Å². The van der Waals surface area contributed by atoms with Crippen molar-refractivity contribution in [1.29, 1.82) is 5.26 Å². The van der Waals surface area contributed by atoms with E-state index in [9.17, 15) is 4.39 Å². The van der Waals surface area contributed by atoms with Crippen LogP contribution in [-0.4, -0.2) is 0 Å². The van der Waals surface area contributed by atoms with E-state index in [1.807, 2.05) is 31.2 Å². The van der Waals surface area contributed by atoms with E-state index < -0.39 is 0 Å². The van der Waals surface area contributed by atoms with Gasteiger partial charge in [-0.05, 0) is 48.4 Å². The molecule has 0 aliphatic heterocycles. The third kappa shape index (κ3) is 3.57. The van der Waals surface area contributed by atoms with Gasteiger partial charge in [-0.25, -0.2) is 4.39 Å². The standard InChI is InChI=1S/C16H14ClFN2/c1-11(12-3-2-4-15(17)7-12)20-10-14-8-16(18)6-5-13(14)9-19/h2-8,11,20H,10H2,1H3/t11-/m1/s1. The van der Waals surface area contributed by atoms with Gasteiger partial charge in [-0.1, -0.05) is 23.7 Å². The fourth-order valence-electron chi connectivity index (χ4n) is 1.97. The lowest BCUT2D eigenvalue weighted by molar-refractivity contribution is 0.568. The topological polar surface area (TPSA) is 35.8 Å². The normalized spacial score (nSPS) is 11.9. The van der Waals surface area contributed by atoms with E-state index in [1.54, 1.807) is 0 Å². The lowest BCUT2D eigenvalue weighted by Crippen LogP contribution is -2.18. The Bertz CT molecular complexity index is 649. The van der Waals surface area contributed by atoms with Crippen LogP contribution >= 0.6 is 11.6 Å². The highest BCUT2D eigenvalue weighted by Crippen LogP contribution is 2.18. The molecule has 0 spiro atoms. The maximum Gasteiger partial charge on any atom is 0.123 e. The van der Waals surface area contributed by atoms with Gasteiger partial charge in [-0.15, -0.1) is 0 Å². The summed E-state index contributed by atoms with van der Waals surface area (Å²) in [5.74, 6) is -0.337. The maximum atomic E-state index is 13.2. The molecular formula is C16H14ClFN2. The molecule has 0 fully saturated rings. The zero-order chi connectivity index (χ0) is 14.5. The first kappa shape index (κ1) is 14.5. The first-order valence-electron chi connectivity index (χ1n) is 6.27. The van der Waals surface area contributed by atoms with Crippen molar-refractivity contribution in [2.24, 2.45) is 0 Å². The van der Waals surface area contributed by atoms with E-state index >= 15 is 0 Å². The molecule has 2 aromatic rings. The van der Waals surface area contributed by atoms with Crippen LogP contribution in [0.4, 0.5) is 4.39 Å². The molecule has 0 amide bonds. The van der Waals surface area contributed by atoms with Crippen molar-refractivity contribution in [2.75, 3.05) is 0 Å². The predicted molar refractivity (Wildman–Crippen MR) is 77.8 cm³/mol. The summed E-state index contributed by atoms with van der Waals surface area (Å²) in [4.78, 5) is 0. The van der Waals surface area contributed by atoms with Gasteiger partial charge in [0.05, 0.1) is 11.6 Å². The summed E-state index contributed by atoms with van der Waals surface area (Å²) in [7, 11) is 0. The number of nitriles is 1. The second kappa shape index (κ2) is 6.51. The summed E-state index contributed by atoms with van der Waals surface area (Å²) in [6.07, 6.45) is 0. The Balaban J connectivity index is 2.09. The van der Waals surface area contributed by atoms with Crippen LogP contribution in [0.5, 0.6) is 0 Å². The molecule has 102 valence electrons. The molecule has 0 radical (unpaired) electrons. The molecule has 0 saturated carbocycles. The molecule has 2 rings (SSSR count). The fraction of sp³-hybridized carbons (Fsp3) is 0.188. The molecule has 20 heavy (non-hydrogen) atoms. The Morgan fingerprint density at radius 2 is 2.10 bits per heavy atom. The van der Waals surface area contributed by atoms with Crippen molar-refractivity contribution in [3.63, 3.8) is 0 Å². The van der Waals surface area contributed by atoms with Gasteiger partial charge >= 0.3 is 0 Å². The number of rotatable bonds is 4. The van der Waals surface area contributed by atoms with Crippen LogP contribution < -0.4 is 5.32 Å². The summed E-state index contributed by atoms with van der Waals surface area (Å²) in [6.45, 7) is 2.42. The minimum Gasteiger partial charge on any atom is -0.306 e. The lowest BCUT2D eigenvalue weighted by Gasteiger charge is -2.15. The van der Waals surface area contributed by atoms with Crippen LogP contribution in [0.2, 0.25) is 5.02 Å². The third-order valence-electron chi connectivity index (χ3n) is 3.14. The molecule has 0 heterocycles. The average molecular weight is 289 g/mol. The van der Waals surface area contributed by atoms with E-state index in [-0.39, 0.29) is 11.9 Å². The number of nitrogens with zero attached hydrogens (tertiary/aromatic N) is 1. The molecule has 0 bridgehead atoms. The van der Waals surface area contributed by atoms with Crippen molar-refractivity contribution in [3.05, 3.63) is 70.0 Å². The lowest BCUT2D eigenvalue weighted by atomic mass is 10.1. The second-order valence-electron chi connectivity index (χ2n) is 4.57. The van der Waals surface area contributed by atoms with Crippen LogP contribution in [0.25, 0.3) is 0 Å².